The molecule has 0 unspecified atom stereocenters. The van der Waals surface area contributed by atoms with Crippen molar-refractivity contribution in [2.45, 2.75) is 13.5 Å². The Morgan fingerprint density at radius 3 is 2.62 bits per heavy atom. The molecule has 0 fully saturated rings. The zero-order chi connectivity index (χ0) is 23.8. The summed E-state index contributed by atoms with van der Waals surface area (Å²) >= 11 is 1.27. The molecule has 4 heterocycles. The fourth-order valence-corrected chi connectivity index (χ4v) is 4.47. The van der Waals surface area contributed by atoms with Gasteiger partial charge in [-0.1, -0.05) is 11.3 Å². The standard InChI is InChI=1S/C23H16F2N4O4S/c1-2-32-23-27-20-17(34-23)11-16(13-3-8-18-26-10-9-19(30)28(18)12-13)21(31)29(20)14-4-6-15(7-5-14)33-22(24)25/h3-12,22H,2H2,1H3. The van der Waals surface area contributed by atoms with Crippen molar-refractivity contribution < 1.29 is 18.3 Å². The quantitative estimate of drug-likeness (QED) is 0.362. The molecular weight excluding hydrogens is 466 g/mol. The number of alkyl halides is 2. The number of halogens is 2. The van der Waals surface area contributed by atoms with Gasteiger partial charge in [0.25, 0.3) is 16.3 Å². The van der Waals surface area contributed by atoms with E-state index in [1.165, 1.54) is 56.8 Å². The lowest BCUT2D eigenvalue weighted by atomic mass is 10.1. The van der Waals surface area contributed by atoms with Gasteiger partial charge in [0.1, 0.15) is 11.4 Å². The van der Waals surface area contributed by atoms with Gasteiger partial charge in [-0.3, -0.25) is 18.6 Å². The van der Waals surface area contributed by atoms with Crippen molar-refractivity contribution in [1.82, 2.24) is 18.9 Å². The second-order valence-electron chi connectivity index (χ2n) is 7.10. The Morgan fingerprint density at radius 2 is 1.88 bits per heavy atom. The molecule has 0 saturated carbocycles. The summed E-state index contributed by atoms with van der Waals surface area (Å²) in [7, 11) is 0. The lowest BCUT2D eigenvalue weighted by Crippen LogP contribution is -2.21. The molecule has 1 aromatic carbocycles. The van der Waals surface area contributed by atoms with Crippen LogP contribution < -0.4 is 20.6 Å². The van der Waals surface area contributed by atoms with E-state index in [0.717, 1.165) is 0 Å². The van der Waals surface area contributed by atoms with E-state index in [4.69, 9.17) is 4.74 Å². The van der Waals surface area contributed by atoms with E-state index < -0.39 is 12.2 Å². The largest absolute Gasteiger partial charge is 0.470 e. The van der Waals surface area contributed by atoms with Gasteiger partial charge in [0.05, 0.1) is 22.6 Å². The molecule has 0 N–H and O–H groups in total. The fraction of sp³-hybridized carbons (Fsp3) is 0.130. The molecule has 8 nitrogen and oxygen atoms in total. The first-order valence-corrected chi connectivity index (χ1v) is 11.0. The van der Waals surface area contributed by atoms with Crippen LogP contribution in [0.1, 0.15) is 6.92 Å². The highest BCUT2D eigenvalue weighted by Gasteiger charge is 2.18. The number of nitrogens with zero attached hydrogens (tertiary/aromatic N) is 4. The van der Waals surface area contributed by atoms with E-state index in [1.807, 2.05) is 6.92 Å². The van der Waals surface area contributed by atoms with Gasteiger partial charge >= 0.3 is 6.61 Å². The molecule has 0 aliphatic carbocycles. The van der Waals surface area contributed by atoms with E-state index in [9.17, 15) is 18.4 Å². The third kappa shape index (κ3) is 3.90. The minimum absolute atomic E-state index is 0.0334. The maximum absolute atomic E-state index is 13.7. The molecule has 0 aliphatic rings. The number of pyridine rings is 2. The average molecular weight is 482 g/mol. The van der Waals surface area contributed by atoms with Crippen molar-refractivity contribution in [2.75, 3.05) is 6.61 Å². The van der Waals surface area contributed by atoms with Crippen LogP contribution in [0.5, 0.6) is 10.9 Å². The van der Waals surface area contributed by atoms with Crippen molar-refractivity contribution in [3.05, 3.63) is 81.6 Å². The molecule has 5 rings (SSSR count). The Kier molecular flexibility index (Phi) is 5.54. The van der Waals surface area contributed by atoms with Gasteiger partial charge in [-0.15, -0.1) is 0 Å². The maximum Gasteiger partial charge on any atom is 0.387 e. The highest BCUT2D eigenvalue weighted by Crippen LogP contribution is 2.31. The summed E-state index contributed by atoms with van der Waals surface area (Å²) in [5, 5.41) is 0.388. The van der Waals surface area contributed by atoms with Crippen LogP contribution in [-0.2, 0) is 0 Å². The van der Waals surface area contributed by atoms with Crippen LogP contribution in [0, 0.1) is 0 Å². The zero-order valence-corrected chi connectivity index (χ0v) is 18.5. The van der Waals surface area contributed by atoms with E-state index in [0.29, 0.717) is 44.6 Å². The van der Waals surface area contributed by atoms with Crippen LogP contribution in [0.4, 0.5) is 8.78 Å². The molecule has 0 spiro atoms. The topological polar surface area (TPSA) is 87.7 Å². The second-order valence-corrected chi connectivity index (χ2v) is 8.09. The fourth-order valence-electron chi connectivity index (χ4n) is 3.57. The van der Waals surface area contributed by atoms with Gasteiger partial charge in [0.15, 0.2) is 5.65 Å². The molecule has 0 amide bonds. The number of hydrogen-bond acceptors (Lipinski definition) is 7. The summed E-state index contributed by atoms with van der Waals surface area (Å²) in [6, 6.07) is 12.1. The maximum atomic E-state index is 13.7. The van der Waals surface area contributed by atoms with E-state index >= 15 is 0 Å². The van der Waals surface area contributed by atoms with Crippen LogP contribution in [0.2, 0.25) is 0 Å². The summed E-state index contributed by atoms with van der Waals surface area (Å²) in [6.45, 7) is -0.730. The smallest absolute Gasteiger partial charge is 0.387 e. The molecule has 0 atom stereocenters. The van der Waals surface area contributed by atoms with Crippen LogP contribution >= 0.6 is 11.3 Å². The van der Waals surface area contributed by atoms with Crippen LogP contribution in [-0.4, -0.2) is 32.2 Å². The first-order valence-electron chi connectivity index (χ1n) is 10.2. The minimum atomic E-state index is -2.96. The van der Waals surface area contributed by atoms with E-state index in [-0.39, 0.29) is 11.3 Å². The van der Waals surface area contributed by atoms with Crippen molar-refractivity contribution in [1.29, 1.82) is 0 Å². The normalized spacial score (nSPS) is 11.4. The molecule has 0 radical (unpaired) electrons. The summed E-state index contributed by atoms with van der Waals surface area (Å²) < 4.78 is 38.4. The van der Waals surface area contributed by atoms with Crippen molar-refractivity contribution in [3.63, 3.8) is 0 Å². The number of aromatic nitrogens is 4. The second kappa shape index (κ2) is 8.67. The Bertz CT molecular complexity index is 1630. The Balaban J connectivity index is 1.74. The third-order valence-electron chi connectivity index (χ3n) is 5.02. The molecule has 4 aromatic heterocycles. The van der Waals surface area contributed by atoms with Gasteiger partial charge in [-0.05, 0) is 49.4 Å². The molecule has 0 saturated heterocycles. The number of fused-ring (bicyclic) bond motifs is 2. The summed E-state index contributed by atoms with van der Waals surface area (Å²) in [6.07, 6.45) is 2.98. The molecule has 172 valence electrons. The number of benzene rings is 1. The molecule has 11 heteroatoms. The first-order chi connectivity index (χ1) is 16.4. The van der Waals surface area contributed by atoms with Crippen LogP contribution in [0.25, 0.3) is 32.8 Å². The van der Waals surface area contributed by atoms with Crippen molar-refractivity contribution in [2.24, 2.45) is 0 Å². The molecule has 0 bridgehead atoms. The lowest BCUT2D eigenvalue weighted by Gasteiger charge is -2.11. The van der Waals surface area contributed by atoms with Gasteiger partial charge in [-0.25, -0.2) is 4.98 Å². The van der Waals surface area contributed by atoms with E-state index in [1.54, 1.807) is 24.4 Å². The predicted octanol–water partition coefficient (Wildman–Crippen LogP) is 4.12. The van der Waals surface area contributed by atoms with Crippen LogP contribution in [0.15, 0.2) is 70.5 Å². The minimum Gasteiger partial charge on any atom is -0.470 e. The van der Waals surface area contributed by atoms with Gasteiger partial charge in [-0.2, -0.15) is 13.8 Å². The molecule has 34 heavy (non-hydrogen) atoms. The van der Waals surface area contributed by atoms with Crippen molar-refractivity contribution in [3.8, 4) is 27.8 Å². The van der Waals surface area contributed by atoms with Crippen molar-refractivity contribution >= 4 is 27.3 Å². The Hall–Kier alpha value is -4.12. The molecule has 5 aromatic rings. The van der Waals surface area contributed by atoms with Gasteiger partial charge < -0.3 is 9.47 Å². The van der Waals surface area contributed by atoms with Gasteiger partial charge in [0, 0.05) is 24.0 Å². The molecular formula is C23H16F2N4O4S. The number of hydrogen-bond donors (Lipinski definition) is 0. The monoisotopic (exact) mass is 482 g/mol. The number of ether oxygens (including phenoxy) is 2. The summed E-state index contributed by atoms with van der Waals surface area (Å²) in [5.74, 6) is -0.0334. The summed E-state index contributed by atoms with van der Waals surface area (Å²) in [5.41, 5.74) is 1.37. The number of thiazole rings is 1. The lowest BCUT2D eigenvalue weighted by molar-refractivity contribution is -0.0498. The average Bonchev–Trinajstić information content (AvgIpc) is 3.21. The molecule has 0 aliphatic heterocycles. The Labute approximate surface area is 194 Å². The Morgan fingerprint density at radius 1 is 1.09 bits per heavy atom. The van der Waals surface area contributed by atoms with E-state index in [2.05, 4.69) is 14.7 Å². The van der Waals surface area contributed by atoms with Gasteiger partial charge in [0.2, 0.25) is 0 Å². The first kappa shape index (κ1) is 21.7. The highest BCUT2D eigenvalue weighted by molar-refractivity contribution is 7.20. The predicted molar refractivity (Wildman–Crippen MR) is 123 cm³/mol. The third-order valence-corrected chi connectivity index (χ3v) is 5.93. The SMILES string of the molecule is CCOc1nc2c(cc(-c3ccc4nccc(=O)n4c3)c(=O)n2-c2ccc(OC(F)F)cc2)s1. The zero-order valence-electron chi connectivity index (χ0n) is 17.6. The number of rotatable bonds is 6. The highest BCUT2D eigenvalue weighted by atomic mass is 32.1. The summed E-state index contributed by atoms with van der Waals surface area (Å²) in [4.78, 5) is 34.6. The van der Waals surface area contributed by atoms with Crippen LogP contribution in [0.3, 0.4) is 0 Å².